The van der Waals surface area contributed by atoms with Gasteiger partial charge in [0.15, 0.2) is 0 Å². The molecule has 26 heavy (non-hydrogen) atoms. The highest BCUT2D eigenvalue weighted by atomic mass is 16.5. The lowest BCUT2D eigenvalue weighted by Crippen LogP contribution is -2.35. The van der Waals surface area contributed by atoms with E-state index in [0.717, 1.165) is 44.0 Å². The molecule has 1 aromatic carbocycles. The van der Waals surface area contributed by atoms with E-state index in [1.807, 2.05) is 19.1 Å². The summed E-state index contributed by atoms with van der Waals surface area (Å²) in [7, 11) is 1.61. The molecule has 0 spiro atoms. The van der Waals surface area contributed by atoms with Gasteiger partial charge < -0.3 is 20.3 Å². The van der Waals surface area contributed by atoms with Crippen molar-refractivity contribution in [2.24, 2.45) is 5.92 Å². The van der Waals surface area contributed by atoms with Crippen LogP contribution in [-0.2, 0) is 9.53 Å². The summed E-state index contributed by atoms with van der Waals surface area (Å²) in [6, 6.07) is 5.61. The molecule has 2 N–H and O–H groups in total. The molecule has 2 amide bonds. The standard InChI is InChI=1S/C20H31N3O3/c1-4-5-19(24)22-16-6-7-18(23-11-8-15(2)9-12-23)17(14-16)20(25)21-10-13-26-3/h6-7,14-15H,4-5,8-13H2,1-3H3,(H,21,25)(H,22,24). The Hall–Kier alpha value is -2.08. The van der Waals surface area contributed by atoms with Crippen molar-refractivity contribution in [3.05, 3.63) is 23.8 Å². The highest BCUT2D eigenvalue weighted by Gasteiger charge is 2.21. The fraction of sp³-hybridized carbons (Fsp3) is 0.600. The molecule has 0 aliphatic carbocycles. The lowest BCUT2D eigenvalue weighted by molar-refractivity contribution is -0.116. The van der Waals surface area contributed by atoms with Gasteiger partial charge in [0.1, 0.15) is 0 Å². The van der Waals surface area contributed by atoms with Gasteiger partial charge in [-0.3, -0.25) is 9.59 Å². The van der Waals surface area contributed by atoms with Crippen molar-refractivity contribution in [1.29, 1.82) is 0 Å². The van der Waals surface area contributed by atoms with Crippen LogP contribution in [-0.4, -0.2) is 45.2 Å². The number of rotatable bonds is 8. The number of hydrogen-bond donors (Lipinski definition) is 2. The van der Waals surface area contributed by atoms with Gasteiger partial charge in [0.05, 0.1) is 12.2 Å². The SMILES string of the molecule is CCCC(=O)Nc1ccc(N2CCC(C)CC2)c(C(=O)NCCOC)c1. The van der Waals surface area contributed by atoms with Crippen molar-refractivity contribution in [3.63, 3.8) is 0 Å². The predicted molar refractivity (Wildman–Crippen MR) is 105 cm³/mol. The number of carbonyl (C=O) groups is 2. The number of nitrogens with zero attached hydrogens (tertiary/aromatic N) is 1. The fourth-order valence-electron chi connectivity index (χ4n) is 3.13. The number of benzene rings is 1. The second-order valence-electron chi connectivity index (χ2n) is 6.95. The normalized spacial score (nSPS) is 15.0. The first-order chi connectivity index (χ1) is 12.5. The minimum atomic E-state index is -0.137. The third kappa shape index (κ3) is 5.73. The van der Waals surface area contributed by atoms with Crippen LogP contribution in [0.2, 0.25) is 0 Å². The highest BCUT2D eigenvalue weighted by molar-refractivity contribution is 6.02. The highest BCUT2D eigenvalue weighted by Crippen LogP contribution is 2.28. The van der Waals surface area contributed by atoms with E-state index in [1.54, 1.807) is 13.2 Å². The van der Waals surface area contributed by atoms with Crippen molar-refractivity contribution < 1.29 is 14.3 Å². The lowest BCUT2D eigenvalue weighted by atomic mass is 9.97. The van der Waals surface area contributed by atoms with E-state index in [-0.39, 0.29) is 11.8 Å². The Kier molecular flexibility index (Phi) is 7.91. The molecule has 0 atom stereocenters. The van der Waals surface area contributed by atoms with E-state index in [4.69, 9.17) is 4.74 Å². The third-order valence-corrected chi connectivity index (χ3v) is 4.72. The van der Waals surface area contributed by atoms with Crippen LogP contribution in [0.25, 0.3) is 0 Å². The lowest BCUT2D eigenvalue weighted by Gasteiger charge is -2.33. The van der Waals surface area contributed by atoms with Gasteiger partial charge in [-0.05, 0) is 43.4 Å². The maximum absolute atomic E-state index is 12.7. The molecule has 0 saturated carbocycles. The van der Waals surface area contributed by atoms with Gasteiger partial charge in [0.2, 0.25) is 5.91 Å². The smallest absolute Gasteiger partial charge is 0.253 e. The minimum Gasteiger partial charge on any atom is -0.383 e. The van der Waals surface area contributed by atoms with Crippen molar-refractivity contribution in [2.45, 2.75) is 39.5 Å². The molecule has 1 fully saturated rings. The maximum atomic E-state index is 12.7. The van der Waals surface area contributed by atoms with Gasteiger partial charge in [-0.15, -0.1) is 0 Å². The van der Waals surface area contributed by atoms with Crippen LogP contribution in [0.3, 0.4) is 0 Å². The number of piperidine rings is 1. The number of ether oxygens (including phenoxy) is 1. The number of carbonyl (C=O) groups excluding carboxylic acids is 2. The van der Waals surface area contributed by atoms with Crippen LogP contribution in [0.5, 0.6) is 0 Å². The summed E-state index contributed by atoms with van der Waals surface area (Å²) in [5.41, 5.74) is 2.19. The number of anilines is 2. The molecular formula is C20H31N3O3. The molecule has 1 saturated heterocycles. The molecule has 0 bridgehead atoms. The summed E-state index contributed by atoms with van der Waals surface area (Å²) in [5, 5.41) is 5.77. The zero-order valence-corrected chi connectivity index (χ0v) is 16.1. The first-order valence-corrected chi connectivity index (χ1v) is 9.51. The topological polar surface area (TPSA) is 70.7 Å². The Labute approximate surface area is 156 Å². The molecule has 1 aliphatic rings. The maximum Gasteiger partial charge on any atom is 0.253 e. The van der Waals surface area contributed by atoms with E-state index in [9.17, 15) is 9.59 Å². The van der Waals surface area contributed by atoms with Crippen LogP contribution in [0, 0.1) is 5.92 Å². The van der Waals surface area contributed by atoms with Crippen LogP contribution >= 0.6 is 0 Å². The van der Waals surface area contributed by atoms with Crippen LogP contribution in [0.1, 0.15) is 49.9 Å². The molecule has 0 aromatic heterocycles. The molecule has 6 nitrogen and oxygen atoms in total. The van der Waals surface area contributed by atoms with Gasteiger partial charge >= 0.3 is 0 Å². The average Bonchev–Trinajstić information content (AvgIpc) is 2.63. The molecule has 1 aliphatic heterocycles. The summed E-state index contributed by atoms with van der Waals surface area (Å²) in [5.74, 6) is 0.554. The van der Waals surface area contributed by atoms with Gasteiger partial charge in [0.25, 0.3) is 5.91 Å². The number of amides is 2. The molecule has 0 unspecified atom stereocenters. The molecule has 1 heterocycles. The first-order valence-electron chi connectivity index (χ1n) is 9.51. The molecule has 144 valence electrons. The van der Waals surface area contributed by atoms with Gasteiger partial charge in [-0.25, -0.2) is 0 Å². The predicted octanol–water partition coefficient (Wildman–Crippen LogP) is 3.04. The summed E-state index contributed by atoms with van der Waals surface area (Å²) in [6.45, 7) is 7.05. The monoisotopic (exact) mass is 361 g/mol. The van der Waals surface area contributed by atoms with Crippen LogP contribution < -0.4 is 15.5 Å². The van der Waals surface area contributed by atoms with Crippen molar-refractivity contribution in [1.82, 2.24) is 5.32 Å². The average molecular weight is 361 g/mol. The Morgan fingerprint density at radius 1 is 1.27 bits per heavy atom. The van der Waals surface area contributed by atoms with Crippen LogP contribution in [0.15, 0.2) is 18.2 Å². The summed E-state index contributed by atoms with van der Waals surface area (Å²) < 4.78 is 5.01. The van der Waals surface area contributed by atoms with E-state index >= 15 is 0 Å². The molecule has 2 rings (SSSR count). The molecular weight excluding hydrogens is 330 g/mol. The number of nitrogens with one attached hydrogen (secondary N) is 2. The van der Waals surface area contributed by atoms with Gasteiger partial charge in [-0.2, -0.15) is 0 Å². The second kappa shape index (κ2) is 10.2. The fourth-order valence-corrected chi connectivity index (χ4v) is 3.13. The molecule has 6 heteroatoms. The van der Waals surface area contributed by atoms with Gasteiger partial charge in [0, 0.05) is 44.5 Å². The zero-order chi connectivity index (χ0) is 18.9. The molecule has 1 aromatic rings. The Balaban J connectivity index is 2.21. The van der Waals surface area contributed by atoms with E-state index < -0.39 is 0 Å². The summed E-state index contributed by atoms with van der Waals surface area (Å²) in [4.78, 5) is 26.9. The van der Waals surface area contributed by atoms with Crippen molar-refractivity contribution >= 4 is 23.2 Å². The number of hydrogen-bond acceptors (Lipinski definition) is 4. The first kappa shape index (κ1) is 20.2. The van der Waals surface area contributed by atoms with E-state index in [2.05, 4.69) is 22.5 Å². The van der Waals surface area contributed by atoms with E-state index in [1.165, 1.54) is 0 Å². The van der Waals surface area contributed by atoms with Crippen molar-refractivity contribution in [3.8, 4) is 0 Å². The Morgan fingerprint density at radius 3 is 2.65 bits per heavy atom. The van der Waals surface area contributed by atoms with Crippen LogP contribution in [0.4, 0.5) is 11.4 Å². The third-order valence-electron chi connectivity index (χ3n) is 4.72. The summed E-state index contributed by atoms with van der Waals surface area (Å²) >= 11 is 0. The number of methoxy groups -OCH3 is 1. The quantitative estimate of drug-likeness (QED) is 0.698. The Morgan fingerprint density at radius 2 is 2.00 bits per heavy atom. The second-order valence-corrected chi connectivity index (χ2v) is 6.95. The van der Waals surface area contributed by atoms with Gasteiger partial charge in [-0.1, -0.05) is 13.8 Å². The Bertz CT molecular complexity index is 610. The molecule has 0 radical (unpaired) electrons. The van der Waals surface area contributed by atoms with E-state index in [0.29, 0.717) is 30.8 Å². The zero-order valence-electron chi connectivity index (χ0n) is 16.1. The summed E-state index contributed by atoms with van der Waals surface area (Å²) in [6.07, 6.45) is 3.51. The van der Waals surface area contributed by atoms with Crippen molar-refractivity contribution in [2.75, 3.05) is 43.6 Å². The largest absolute Gasteiger partial charge is 0.383 e. The minimum absolute atomic E-state index is 0.0298.